The van der Waals surface area contributed by atoms with E-state index in [0.29, 0.717) is 23.2 Å². The van der Waals surface area contributed by atoms with Crippen LogP contribution in [0.3, 0.4) is 0 Å². The molecule has 0 bridgehead atoms. The molecule has 3 aromatic rings. The predicted molar refractivity (Wildman–Crippen MR) is 108 cm³/mol. The fourth-order valence-electron chi connectivity index (χ4n) is 2.53. The number of hydrogen-bond acceptors (Lipinski definition) is 5. The highest BCUT2D eigenvalue weighted by atomic mass is 79.9. The average molecular weight is 450 g/mol. The Morgan fingerprint density at radius 1 is 1.22 bits per heavy atom. The van der Waals surface area contributed by atoms with Crippen LogP contribution in [0.2, 0.25) is 0 Å². The van der Waals surface area contributed by atoms with Crippen molar-refractivity contribution in [3.05, 3.63) is 58.8 Å². The highest BCUT2D eigenvalue weighted by molar-refractivity contribution is 9.10. The smallest absolute Gasteiger partial charge is 0.237 e. The third-order valence-corrected chi connectivity index (χ3v) is 5.48. The molecule has 1 heterocycles. The summed E-state index contributed by atoms with van der Waals surface area (Å²) in [6, 6.07) is 13.4. The maximum Gasteiger partial charge on any atom is 0.237 e. The maximum atomic E-state index is 13.1. The topological polar surface area (TPSA) is 77.0 Å². The number of anilines is 1. The van der Waals surface area contributed by atoms with Gasteiger partial charge in [-0.1, -0.05) is 39.8 Å². The number of hydrogen-bond donors (Lipinski definition) is 1. The Morgan fingerprint density at radius 3 is 2.59 bits per heavy atom. The van der Waals surface area contributed by atoms with Gasteiger partial charge in [0.25, 0.3) is 0 Å². The molecule has 1 amide bonds. The van der Waals surface area contributed by atoms with E-state index in [1.165, 1.54) is 28.6 Å². The van der Waals surface area contributed by atoms with Gasteiger partial charge in [0.1, 0.15) is 5.82 Å². The number of aromatic nitrogens is 3. The number of benzene rings is 2. The van der Waals surface area contributed by atoms with Crippen molar-refractivity contribution in [2.75, 3.05) is 23.0 Å². The second-order valence-corrected chi connectivity index (χ2v) is 7.36. The molecule has 9 heteroatoms. The van der Waals surface area contributed by atoms with Gasteiger partial charge in [0.15, 0.2) is 5.82 Å². The molecule has 0 unspecified atom stereocenters. The summed E-state index contributed by atoms with van der Waals surface area (Å²) in [7, 11) is 0. The first-order chi connectivity index (χ1) is 13.0. The van der Waals surface area contributed by atoms with Gasteiger partial charge in [-0.3, -0.25) is 4.79 Å². The first-order valence-electron chi connectivity index (χ1n) is 8.15. The molecule has 0 spiro atoms. The van der Waals surface area contributed by atoms with Gasteiger partial charge in [-0.25, -0.2) is 9.07 Å². The van der Waals surface area contributed by atoms with Crippen molar-refractivity contribution >= 4 is 39.3 Å². The van der Waals surface area contributed by atoms with Crippen LogP contribution in [0.4, 0.5) is 10.1 Å². The Bertz CT molecular complexity index is 947. The van der Waals surface area contributed by atoms with Crippen molar-refractivity contribution in [2.24, 2.45) is 0 Å². The van der Waals surface area contributed by atoms with Crippen LogP contribution in [-0.2, 0) is 4.79 Å². The molecule has 3 rings (SSSR count). The van der Waals surface area contributed by atoms with Crippen molar-refractivity contribution in [2.45, 2.75) is 12.1 Å². The van der Waals surface area contributed by atoms with Crippen molar-refractivity contribution in [1.82, 2.24) is 14.9 Å². The Hall–Kier alpha value is -2.39. The molecule has 0 radical (unpaired) electrons. The highest BCUT2D eigenvalue weighted by Gasteiger charge is 2.18. The minimum atomic E-state index is -0.340. The Morgan fingerprint density at radius 2 is 1.93 bits per heavy atom. The number of nitrogens with zero attached hydrogens (tertiary/aromatic N) is 4. The minimum Gasteiger partial charge on any atom is -0.335 e. The van der Waals surface area contributed by atoms with Gasteiger partial charge < -0.3 is 10.7 Å². The first kappa shape index (κ1) is 19.4. The second kappa shape index (κ2) is 8.53. The van der Waals surface area contributed by atoms with Crippen molar-refractivity contribution in [3.8, 4) is 11.4 Å². The summed E-state index contributed by atoms with van der Waals surface area (Å²) < 4.78 is 15.3. The van der Waals surface area contributed by atoms with Gasteiger partial charge in [-0.05, 0) is 43.3 Å². The van der Waals surface area contributed by atoms with Crippen LogP contribution in [0, 0.1) is 5.82 Å². The van der Waals surface area contributed by atoms with Gasteiger partial charge in [-0.2, -0.15) is 0 Å². The van der Waals surface area contributed by atoms with Gasteiger partial charge in [0.2, 0.25) is 11.1 Å². The zero-order chi connectivity index (χ0) is 19.4. The summed E-state index contributed by atoms with van der Waals surface area (Å²) in [5.74, 6) is 6.28. The quantitative estimate of drug-likeness (QED) is 0.458. The van der Waals surface area contributed by atoms with Crippen LogP contribution in [0.1, 0.15) is 6.92 Å². The summed E-state index contributed by atoms with van der Waals surface area (Å²) in [5.41, 5.74) is 1.46. The molecule has 0 saturated carbocycles. The van der Waals surface area contributed by atoms with E-state index >= 15 is 0 Å². The van der Waals surface area contributed by atoms with Gasteiger partial charge in [0, 0.05) is 22.3 Å². The Balaban J connectivity index is 1.72. The molecule has 1 aromatic heterocycles. The SMILES string of the molecule is CCN(C(=O)CSc1nnc(-c2ccccc2Br)n1N)c1ccc(F)cc1. The highest BCUT2D eigenvalue weighted by Crippen LogP contribution is 2.28. The maximum absolute atomic E-state index is 13.1. The van der Waals surface area contributed by atoms with E-state index in [-0.39, 0.29) is 17.5 Å². The number of carbonyl (C=O) groups is 1. The lowest BCUT2D eigenvalue weighted by Gasteiger charge is -2.20. The molecule has 27 heavy (non-hydrogen) atoms. The number of thioether (sulfide) groups is 1. The number of nitrogen functional groups attached to an aromatic ring is 1. The Kier molecular flexibility index (Phi) is 6.12. The molecular weight excluding hydrogens is 433 g/mol. The van der Waals surface area contributed by atoms with Crippen molar-refractivity contribution < 1.29 is 9.18 Å². The largest absolute Gasteiger partial charge is 0.335 e. The molecule has 0 aliphatic heterocycles. The lowest BCUT2D eigenvalue weighted by Crippen LogP contribution is -2.32. The van der Waals surface area contributed by atoms with Gasteiger partial charge in [0.05, 0.1) is 5.75 Å². The molecular formula is C18H17BrFN5OS. The predicted octanol–water partition coefficient (Wildman–Crippen LogP) is 3.71. The van der Waals surface area contributed by atoms with E-state index in [9.17, 15) is 9.18 Å². The van der Waals surface area contributed by atoms with E-state index in [1.54, 1.807) is 17.0 Å². The lowest BCUT2D eigenvalue weighted by molar-refractivity contribution is -0.116. The number of nitrogens with two attached hydrogens (primary N) is 1. The van der Waals surface area contributed by atoms with E-state index in [2.05, 4.69) is 26.1 Å². The van der Waals surface area contributed by atoms with Crippen LogP contribution in [0.25, 0.3) is 11.4 Å². The first-order valence-corrected chi connectivity index (χ1v) is 9.93. The molecule has 0 aliphatic rings. The summed E-state index contributed by atoms with van der Waals surface area (Å²) in [6.45, 7) is 2.34. The van der Waals surface area contributed by atoms with Crippen molar-refractivity contribution in [1.29, 1.82) is 0 Å². The average Bonchev–Trinajstić information content (AvgIpc) is 3.03. The third-order valence-electron chi connectivity index (χ3n) is 3.86. The van der Waals surface area contributed by atoms with Crippen LogP contribution in [0.5, 0.6) is 0 Å². The van der Waals surface area contributed by atoms with Gasteiger partial charge in [-0.15, -0.1) is 10.2 Å². The second-order valence-electron chi connectivity index (χ2n) is 5.56. The van der Waals surface area contributed by atoms with Crippen molar-refractivity contribution in [3.63, 3.8) is 0 Å². The number of rotatable bonds is 6. The third kappa shape index (κ3) is 4.30. The zero-order valence-corrected chi connectivity index (χ0v) is 16.9. The fraction of sp³-hybridized carbons (Fsp3) is 0.167. The molecule has 2 N–H and O–H groups in total. The van der Waals surface area contributed by atoms with Crippen LogP contribution in [0.15, 0.2) is 58.2 Å². The lowest BCUT2D eigenvalue weighted by atomic mass is 10.2. The molecule has 0 aliphatic carbocycles. The summed E-state index contributed by atoms with van der Waals surface area (Å²) in [5, 5.41) is 8.65. The molecule has 0 fully saturated rings. The number of halogens is 2. The Labute approximate surface area is 168 Å². The van der Waals surface area contributed by atoms with Crippen LogP contribution >= 0.6 is 27.7 Å². The summed E-state index contributed by atoms with van der Waals surface area (Å²) in [6.07, 6.45) is 0. The minimum absolute atomic E-state index is 0.125. The normalized spacial score (nSPS) is 10.8. The van der Waals surface area contributed by atoms with E-state index in [4.69, 9.17) is 5.84 Å². The summed E-state index contributed by atoms with van der Waals surface area (Å²) >= 11 is 4.67. The number of amides is 1. The zero-order valence-electron chi connectivity index (χ0n) is 14.5. The van der Waals surface area contributed by atoms with Crippen LogP contribution < -0.4 is 10.7 Å². The van der Waals surface area contributed by atoms with E-state index in [0.717, 1.165) is 10.0 Å². The van der Waals surface area contributed by atoms with E-state index < -0.39 is 0 Å². The molecule has 0 saturated heterocycles. The van der Waals surface area contributed by atoms with Gasteiger partial charge >= 0.3 is 0 Å². The molecule has 6 nitrogen and oxygen atoms in total. The van der Waals surface area contributed by atoms with E-state index in [1.807, 2.05) is 31.2 Å². The monoisotopic (exact) mass is 449 g/mol. The standard InChI is InChI=1S/C18H17BrFN5OS/c1-2-24(13-9-7-12(20)8-10-13)16(26)11-27-18-23-22-17(25(18)21)14-5-3-4-6-15(14)19/h3-10H,2,11,21H2,1H3. The fourth-order valence-corrected chi connectivity index (χ4v) is 3.72. The number of carbonyl (C=O) groups excluding carboxylic acids is 1. The van der Waals surface area contributed by atoms with Crippen LogP contribution in [-0.4, -0.2) is 33.1 Å². The molecule has 0 atom stereocenters. The summed E-state index contributed by atoms with van der Waals surface area (Å²) in [4.78, 5) is 14.2. The molecule has 140 valence electrons. The molecule has 2 aromatic carbocycles.